The largest absolute Gasteiger partial charge is 0.418 e. The Morgan fingerprint density at radius 1 is 0.980 bits per heavy atom. The van der Waals surface area contributed by atoms with Crippen LogP contribution in [-0.4, -0.2) is 94.4 Å². The second kappa shape index (κ2) is 15.5. The third kappa shape index (κ3) is 7.90. The Kier molecular flexibility index (Phi) is 11.3. The molecule has 2 aliphatic rings. The molecule has 0 radical (unpaired) electrons. The summed E-state index contributed by atoms with van der Waals surface area (Å²) in [6.07, 6.45) is 4.71. The number of aryl methyl sites for hydroxylation is 1. The van der Waals surface area contributed by atoms with Crippen LogP contribution in [-0.2, 0) is 12.6 Å². The quantitative estimate of drug-likeness (QED) is 0.154. The molecule has 0 atom stereocenters. The third-order valence-electron chi connectivity index (χ3n) is 9.51. The number of piperidine rings is 1. The van der Waals surface area contributed by atoms with Crippen LogP contribution in [0.5, 0.6) is 0 Å². The molecule has 0 spiro atoms. The van der Waals surface area contributed by atoms with Gasteiger partial charge in [-0.1, -0.05) is 18.9 Å². The number of alkyl halides is 3. The number of fused-ring (bicyclic) bond motifs is 1. The van der Waals surface area contributed by atoms with E-state index in [9.17, 15) is 13.2 Å². The van der Waals surface area contributed by atoms with E-state index >= 15 is 0 Å². The first kappa shape index (κ1) is 36.4. The van der Waals surface area contributed by atoms with Gasteiger partial charge in [0.15, 0.2) is 0 Å². The first-order chi connectivity index (χ1) is 24.0. The molecule has 0 unspecified atom stereocenters. The number of anilines is 6. The van der Waals surface area contributed by atoms with Crippen molar-refractivity contribution in [1.29, 1.82) is 0 Å². The van der Waals surface area contributed by atoms with Gasteiger partial charge in [-0.25, -0.2) is 4.98 Å². The number of nitrogens with one attached hydrogen (secondary N) is 2. The van der Waals surface area contributed by atoms with E-state index in [2.05, 4.69) is 86.4 Å². The molecule has 2 aliphatic heterocycles. The first-order valence-corrected chi connectivity index (χ1v) is 19.0. The van der Waals surface area contributed by atoms with Crippen molar-refractivity contribution in [2.24, 2.45) is 0 Å². The first-order valence-electron chi connectivity index (χ1n) is 17.0. The summed E-state index contributed by atoms with van der Waals surface area (Å²) < 4.78 is 46.8. The van der Waals surface area contributed by atoms with Gasteiger partial charge in [0, 0.05) is 81.9 Å². The highest BCUT2D eigenvalue weighted by molar-refractivity contribution is 9.10. The highest BCUT2D eigenvalue weighted by Gasteiger charge is 2.36. The van der Waals surface area contributed by atoms with Crippen molar-refractivity contribution in [3.05, 3.63) is 58.5 Å². The summed E-state index contributed by atoms with van der Waals surface area (Å²) in [6, 6.07) is 7.30. The fourth-order valence-electron chi connectivity index (χ4n) is 6.88. The van der Waals surface area contributed by atoms with Crippen molar-refractivity contribution in [2.75, 3.05) is 72.4 Å². The average molecular weight is 774 g/mol. The van der Waals surface area contributed by atoms with Crippen LogP contribution in [0.4, 0.5) is 47.7 Å². The maximum Gasteiger partial charge on any atom is 0.418 e. The summed E-state index contributed by atoms with van der Waals surface area (Å²) in [5.74, 6) is 0.428. The smallest absolute Gasteiger partial charge is 0.371 e. The van der Waals surface area contributed by atoms with Crippen molar-refractivity contribution < 1.29 is 13.2 Å². The molecule has 15 heteroatoms. The van der Waals surface area contributed by atoms with E-state index < -0.39 is 11.7 Å². The Labute approximate surface area is 304 Å². The molecule has 6 rings (SSSR count). The minimum atomic E-state index is -4.59. The second-order valence-electron chi connectivity index (χ2n) is 13.1. The zero-order chi connectivity index (χ0) is 35.6. The molecule has 2 aromatic heterocycles. The third-order valence-corrected chi connectivity index (χ3v) is 11.1. The maximum atomic E-state index is 14.7. The number of nitrogens with zero attached hydrogens (tertiary/aromatic N) is 8. The number of aromatic nitrogens is 4. The zero-order valence-electron chi connectivity index (χ0n) is 29.1. The Morgan fingerprint density at radius 2 is 1.70 bits per heavy atom. The van der Waals surface area contributed by atoms with Gasteiger partial charge >= 0.3 is 6.18 Å². The fourth-order valence-corrected chi connectivity index (χ4v) is 7.96. The minimum Gasteiger partial charge on any atom is -0.371 e. The van der Waals surface area contributed by atoms with E-state index in [4.69, 9.17) is 0 Å². The summed E-state index contributed by atoms with van der Waals surface area (Å²) >= 11 is 5.09. The molecule has 4 heterocycles. The SMILES string of the molecule is CCc1cc(Nc2ncc(Br)c(Nc3ccc4nccnc4c3N(SC)C(C)C)n2)c(C(F)(F)F)cc1N1CCC(N2CCN(C)CC2)CC1. The molecular formula is C35H44BrF3N10S. The molecule has 4 aromatic rings. The van der Waals surface area contributed by atoms with Gasteiger partial charge in [-0.3, -0.25) is 14.9 Å². The highest BCUT2D eigenvalue weighted by atomic mass is 79.9. The van der Waals surface area contributed by atoms with E-state index in [0.29, 0.717) is 28.4 Å². The van der Waals surface area contributed by atoms with Crippen molar-refractivity contribution in [3.8, 4) is 0 Å². The molecule has 0 saturated carbocycles. The van der Waals surface area contributed by atoms with Gasteiger partial charge in [0.05, 0.1) is 32.6 Å². The standard InChI is InChI=1S/C35H44BrF3N10S/c1-6-23-19-29(25(35(37,38)39)20-30(23)48-13-9-24(10-14-48)47-17-15-46(4)16-18-47)44-34-42-21-26(36)33(45-34)43-28-8-7-27-31(41-12-11-40-27)32(28)49(50-5)22(2)3/h7-8,11-12,19-22,24H,6,9-10,13-18H2,1-5H3,(H2,42,43,44,45). The van der Waals surface area contributed by atoms with E-state index in [1.54, 1.807) is 30.4 Å². The molecule has 0 aliphatic carbocycles. The lowest BCUT2D eigenvalue weighted by molar-refractivity contribution is -0.136. The van der Waals surface area contributed by atoms with Crippen LogP contribution in [0.3, 0.4) is 0 Å². The van der Waals surface area contributed by atoms with Crippen LogP contribution in [0.1, 0.15) is 44.7 Å². The number of benzene rings is 2. The van der Waals surface area contributed by atoms with Gasteiger partial charge in [-0.2, -0.15) is 18.2 Å². The fraction of sp³-hybridized carbons (Fsp3) is 0.486. The van der Waals surface area contributed by atoms with Crippen LogP contribution >= 0.6 is 27.9 Å². The molecule has 2 fully saturated rings. The van der Waals surface area contributed by atoms with Crippen molar-refractivity contribution >= 4 is 73.4 Å². The summed E-state index contributed by atoms with van der Waals surface area (Å²) in [4.78, 5) is 25.1. The van der Waals surface area contributed by atoms with Gasteiger partial charge in [0.25, 0.3) is 0 Å². The molecule has 2 saturated heterocycles. The monoisotopic (exact) mass is 772 g/mol. The number of piperazine rings is 1. The Morgan fingerprint density at radius 3 is 2.36 bits per heavy atom. The second-order valence-corrected chi connectivity index (χ2v) is 14.7. The predicted molar refractivity (Wildman–Crippen MR) is 202 cm³/mol. The van der Waals surface area contributed by atoms with E-state index in [0.717, 1.165) is 80.1 Å². The topological polar surface area (TPSA) is 88.6 Å². The molecule has 2 N–H and O–H groups in total. The molecule has 2 aromatic carbocycles. The number of rotatable bonds is 10. The lowest BCUT2D eigenvalue weighted by Gasteiger charge is -2.43. The molecule has 50 heavy (non-hydrogen) atoms. The van der Waals surface area contributed by atoms with Gasteiger partial charge in [0.2, 0.25) is 5.95 Å². The van der Waals surface area contributed by atoms with Crippen LogP contribution in [0, 0.1) is 0 Å². The molecule has 0 amide bonds. The number of hydrogen-bond acceptors (Lipinski definition) is 11. The number of halogens is 4. The van der Waals surface area contributed by atoms with Crippen LogP contribution in [0.15, 0.2) is 47.3 Å². The van der Waals surface area contributed by atoms with Gasteiger partial charge in [0.1, 0.15) is 11.3 Å². The lowest BCUT2D eigenvalue weighted by Crippen LogP contribution is -2.52. The molecule has 0 bridgehead atoms. The Hall–Kier alpha value is -3.40. The summed E-state index contributed by atoms with van der Waals surface area (Å²) in [7, 11) is 2.15. The number of hydrogen-bond donors (Lipinski definition) is 2. The zero-order valence-corrected chi connectivity index (χ0v) is 31.5. The summed E-state index contributed by atoms with van der Waals surface area (Å²) in [6.45, 7) is 11.8. The maximum absolute atomic E-state index is 14.7. The average Bonchev–Trinajstić information content (AvgIpc) is 3.10. The summed E-state index contributed by atoms with van der Waals surface area (Å²) in [5, 5.41) is 6.30. The van der Waals surface area contributed by atoms with Gasteiger partial charge in [-0.05, 0) is 85.9 Å². The van der Waals surface area contributed by atoms with E-state index in [-0.39, 0.29) is 17.7 Å². The molecule has 268 valence electrons. The lowest BCUT2D eigenvalue weighted by atomic mass is 9.98. The van der Waals surface area contributed by atoms with Crippen LogP contribution in [0.25, 0.3) is 11.0 Å². The number of likely N-dealkylation sites (N-methyl/N-ethyl adjacent to an activating group) is 1. The predicted octanol–water partition coefficient (Wildman–Crippen LogP) is 7.96. The van der Waals surface area contributed by atoms with Crippen molar-refractivity contribution in [3.63, 3.8) is 0 Å². The Bertz CT molecular complexity index is 1790. The van der Waals surface area contributed by atoms with Gasteiger partial charge < -0.3 is 24.7 Å². The van der Waals surface area contributed by atoms with Crippen LogP contribution < -0.4 is 19.8 Å². The van der Waals surface area contributed by atoms with E-state index in [1.165, 1.54) is 12.3 Å². The van der Waals surface area contributed by atoms with E-state index in [1.807, 2.05) is 25.3 Å². The minimum absolute atomic E-state index is 0.0386. The van der Waals surface area contributed by atoms with Gasteiger partial charge in [-0.15, -0.1) is 0 Å². The summed E-state index contributed by atoms with van der Waals surface area (Å²) in [5.41, 5.74) is 3.69. The molecule has 10 nitrogen and oxygen atoms in total. The normalized spacial score (nSPS) is 16.7. The highest BCUT2D eigenvalue weighted by Crippen LogP contribution is 2.42. The van der Waals surface area contributed by atoms with Crippen molar-refractivity contribution in [1.82, 2.24) is 29.7 Å². The molecular weight excluding hydrogens is 729 g/mol. The van der Waals surface area contributed by atoms with Crippen molar-refractivity contribution in [2.45, 2.75) is 58.3 Å². The Balaban J connectivity index is 1.28. The van der Waals surface area contributed by atoms with Crippen LogP contribution in [0.2, 0.25) is 0 Å².